The number of carbonyl (C=O) groups excluding carboxylic acids is 2. The minimum absolute atomic E-state index is 0.0566. The second-order valence-electron chi connectivity index (χ2n) is 9.98. The number of amides is 1. The van der Waals surface area contributed by atoms with Gasteiger partial charge in [0, 0.05) is 19.0 Å². The lowest BCUT2D eigenvalue weighted by molar-refractivity contribution is -0.152. The van der Waals surface area contributed by atoms with Crippen LogP contribution in [-0.4, -0.2) is 52.5 Å². The highest BCUT2D eigenvalue weighted by Crippen LogP contribution is 2.39. The van der Waals surface area contributed by atoms with Crippen molar-refractivity contribution < 1.29 is 23.5 Å². The van der Waals surface area contributed by atoms with Crippen LogP contribution in [0.5, 0.6) is 5.75 Å². The summed E-state index contributed by atoms with van der Waals surface area (Å²) in [5.41, 5.74) is 7.76. The number of halogens is 1. The molecule has 0 saturated heterocycles. The Morgan fingerprint density at radius 1 is 1.15 bits per heavy atom. The molecule has 0 aliphatic carbocycles. The highest BCUT2D eigenvalue weighted by Gasteiger charge is 2.39. The van der Waals surface area contributed by atoms with Gasteiger partial charge in [0.1, 0.15) is 11.9 Å². The molecule has 2 heterocycles. The number of likely N-dealkylation sites (N-methyl/N-ethyl adjacent to an activating group) is 1. The van der Waals surface area contributed by atoms with Crippen molar-refractivity contribution in [3.05, 3.63) is 93.2 Å². The number of hydrogen-bond acceptors (Lipinski definition) is 7. The van der Waals surface area contributed by atoms with Crippen LogP contribution in [0.1, 0.15) is 59.9 Å². The number of nitrogens with two attached hydrogens (primary N) is 1. The second kappa shape index (κ2) is 11.8. The summed E-state index contributed by atoms with van der Waals surface area (Å²) in [6, 6.07) is 12.8. The zero-order valence-corrected chi connectivity index (χ0v) is 22.5. The van der Waals surface area contributed by atoms with E-state index in [1.807, 2.05) is 44.2 Å². The lowest BCUT2D eigenvalue weighted by atomic mass is 9.83. The fourth-order valence-corrected chi connectivity index (χ4v) is 4.81. The quantitative estimate of drug-likeness (QED) is 0.329. The molecule has 3 unspecified atom stereocenters. The van der Waals surface area contributed by atoms with Gasteiger partial charge in [-0.05, 0) is 43.0 Å². The highest BCUT2D eigenvalue weighted by atomic mass is 19.1. The van der Waals surface area contributed by atoms with E-state index < -0.39 is 42.1 Å². The number of fused-ring (bicyclic) bond motifs is 1. The van der Waals surface area contributed by atoms with Gasteiger partial charge in [0.2, 0.25) is 18.0 Å². The Hall–Kier alpha value is -4.05. The molecule has 0 bridgehead atoms. The van der Waals surface area contributed by atoms with Crippen LogP contribution >= 0.6 is 0 Å². The zero-order valence-electron chi connectivity index (χ0n) is 22.5. The van der Waals surface area contributed by atoms with Crippen molar-refractivity contribution >= 4 is 11.9 Å². The van der Waals surface area contributed by atoms with E-state index in [1.165, 1.54) is 16.8 Å². The molecule has 1 aliphatic heterocycles. The second-order valence-corrected chi connectivity index (χ2v) is 9.98. The summed E-state index contributed by atoms with van der Waals surface area (Å²) in [5.74, 6) is -2.35. The van der Waals surface area contributed by atoms with Gasteiger partial charge >= 0.3 is 5.97 Å². The van der Waals surface area contributed by atoms with E-state index in [0.717, 1.165) is 17.3 Å². The molecular weight excluding hydrogens is 503 g/mol. The Balaban J connectivity index is 1.81. The summed E-state index contributed by atoms with van der Waals surface area (Å²) in [4.78, 5) is 40.2. The molecule has 0 spiro atoms. The summed E-state index contributed by atoms with van der Waals surface area (Å²) >= 11 is 0. The standard InChI is InChI=1S/C29H33FN4O5/c1-5-33-15-22(24(19-9-6-8-18(4)12-19)20-10-7-11-21(30)13-20)34-26(28(33)36)27(23(35)14-32-34)38-16-39-29(37)25(31)17(2)3/h6-14,17,22,24-25H,5,15-16,31H2,1-4H3. The van der Waals surface area contributed by atoms with Gasteiger partial charge in [-0.3, -0.25) is 19.1 Å². The first kappa shape index (κ1) is 28.0. The monoisotopic (exact) mass is 536 g/mol. The lowest BCUT2D eigenvalue weighted by Crippen LogP contribution is -2.47. The highest BCUT2D eigenvalue weighted by molar-refractivity contribution is 5.96. The van der Waals surface area contributed by atoms with Gasteiger partial charge < -0.3 is 20.1 Å². The summed E-state index contributed by atoms with van der Waals surface area (Å²) in [6.45, 7) is 7.39. The fraction of sp³-hybridized carbons (Fsp3) is 0.379. The molecule has 39 heavy (non-hydrogen) atoms. The van der Waals surface area contributed by atoms with E-state index >= 15 is 0 Å². The maximum atomic E-state index is 14.4. The third kappa shape index (κ3) is 5.85. The van der Waals surface area contributed by atoms with Gasteiger partial charge in [-0.25, -0.2) is 4.39 Å². The Kier molecular flexibility index (Phi) is 8.44. The van der Waals surface area contributed by atoms with Gasteiger partial charge in [0.05, 0.1) is 12.2 Å². The Morgan fingerprint density at radius 2 is 1.85 bits per heavy atom. The van der Waals surface area contributed by atoms with E-state index in [-0.39, 0.29) is 29.7 Å². The number of nitrogens with zero attached hydrogens (tertiary/aromatic N) is 3. The normalized spacial score (nSPS) is 16.5. The number of aryl methyl sites for hydroxylation is 1. The average Bonchev–Trinajstić information content (AvgIpc) is 2.90. The molecular formula is C29H33FN4O5. The van der Waals surface area contributed by atoms with Crippen molar-refractivity contribution in [3.8, 4) is 5.75 Å². The van der Waals surface area contributed by atoms with Crippen molar-refractivity contribution in [2.75, 3.05) is 19.9 Å². The number of rotatable bonds is 9. The first-order valence-electron chi connectivity index (χ1n) is 12.9. The molecule has 1 amide bonds. The number of aromatic nitrogens is 2. The van der Waals surface area contributed by atoms with Crippen LogP contribution in [0.3, 0.4) is 0 Å². The summed E-state index contributed by atoms with van der Waals surface area (Å²) in [7, 11) is 0. The Labute approximate surface area is 226 Å². The Morgan fingerprint density at radius 3 is 2.49 bits per heavy atom. The molecule has 0 saturated carbocycles. The van der Waals surface area contributed by atoms with Gasteiger partial charge in [-0.2, -0.15) is 5.10 Å². The zero-order chi connectivity index (χ0) is 28.3. The average molecular weight is 537 g/mol. The number of carbonyl (C=O) groups is 2. The van der Waals surface area contributed by atoms with E-state index in [4.69, 9.17) is 15.2 Å². The Bertz CT molecular complexity index is 1380. The maximum absolute atomic E-state index is 14.4. The van der Waals surface area contributed by atoms with Crippen molar-refractivity contribution in [1.29, 1.82) is 0 Å². The summed E-state index contributed by atoms with van der Waals surface area (Å²) in [6.07, 6.45) is 1.07. The third-order valence-corrected chi connectivity index (χ3v) is 6.95. The van der Waals surface area contributed by atoms with Gasteiger partial charge in [0.25, 0.3) is 5.91 Å². The predicted octanol–water partition coefficient (Wildman–Crippen LogP) is 3.40. The summed E-state index contributed by atoms with van der Waals surface area (Å²) < 4.78 is 26.6. The van der Waals surface area contributed by atoms with Crippen molar-refractivity contribution in [2.24, 2.45) is 11.7 Å². The SMILES string of the molecule is CCN1CC(C(c2cccc(C)c2)c2cccc(F)c2)n2ncc(=O)c(OCOC(=O)C(N)C(C)C)c2C1=O. The van der Waals surface area contributed by atoms with E-state index in [0.29, 0.717) is 12.1 Å². The molecule has 3 atom stereocenters. The fourth-order valence-electron chi connectivity index (χ4n) is 4.81. The molecule has 1 aliphatic rings. The molecule has 0 radical (unpaired) electrons. The molecule has 2 N–H and O–H groups in total. The molecule has 2 aromatic carbocycles. The van der Waals surface area contributed by atoms with Crippen LogP contribution in [0.2, 0.25) is 0 Å². The topological polar surface area (TPSA) is 117 Å². The third-order valence-electron chi connectivity index (χ3n) is 6.95. The van der Waals surface area contributed by atoms with Crippen molar-refractivity contribution in [3.63, 3.8) is 0 Å². The molecule has 10 heteroatoms. The number of ether oxygens (including phenoxy) is 2. The van der Waals surface area contributed by atoms with Gasteiger partial charge in [-0.1, -0.05) is 55.8 Å². The largest absolute Gasteiger partial charge is 0.451 e. The molecule has 3 aromatic rings. The van der Waals surface area contributed by atoms with E-state index in [1.54, 1.807) is 24.8 Å². The van der Waals surface area contributed by atoms with E-state index in [9.17, 15) is 18.8 Å². The van der Waals surface area contributed by atoms with Crippen LogP contribution in [0.15, 0.2) is 59.5 Å². The maximum Gasteiger partial charge on any atom is 0.326 e. The molecule has 1 aromatic heterocycles. The number of benzene rings is 2. The molecule has 4 rings (SSSR count). The van der Waals surface area contributed by atoms with Crippen LogP contribution < -0.4 is 15.9 Å². The van der Waals surface area contributed by atoms with Crippen LogP contribution in [-0.2, 0) is 9.53 Å². The summed E-state index contributed by atoms with van der Waals surface area (Å²) in [5, 5.41) is 4.35. The van der Waals surface area contributed by atoms with Gasteiger partial charge in [0.15, 0.2) is 5.69 Å². The molecule has 9 nitrogen and oxygen atoms in total. The van der Waals surface area contributed by atoms with Crippen LogP contribution in [0, 0.1) is 18.7 Å². The van der Waals surface area contributed by atoms with E-state index in [2.05, 4.69) is 5.10 Å². The van der Waals surface area contributed by atoms with Gasteiger partial charge in [-0.15, -0.1) is 0 Å². The van der Waals surface area contributed by atoms with Crippen molar-refractivity contribution in [1.82, 2.24) is 14.7 Å². The van der Waals surface area contributed by atoms with Crippen LogP contribution in [0.25, 0.3) is 0 Å². The number of esters is 1. The lowest BCUT2D eigenvalue weighted by Gasteiger charge is -2.39. The first-order valence-corrected chi connectivity index (χ1v) is 12.9. The smallest absolute Gasteiger partial charge is 0.326 e. The predicted molar refractivity (Wildman–Crippen MR) is 143 cm³/mol. The first-order chi connectivity index (χ1) is 18.6. The molecule has 0 fully saturated rings. The minimum atomic E-state index is -0.857. The minimum Gasteiger partial charge on any atom is -0.451 e. The van der Waals surface area contributed by atoms with Crippen molar-refractivity contribution in [2.45, 2.75) is 45.7 Å². The number of hydrogen-bond donors (Lipinski definition) is 1. The molecule has 206 valence electrons. The van der Waals surface area contributed by atoms with Crippen LogP contribution in [0.4, 0.5) is 4.39 Å².